The molecule has 1 fully saturated rings. The van der Waals surface area contributed by atoms with Gasteiger partial charge >= 0.3 is 0 Å². The first-order valence-electron chi connectivity index (χ1n) is 13.3. The Morgan fingerprint density at radius 1 is 1.05 bits per heavy atom. The molecule has 4 aromatic rings. The Labute approximate surface area is 222 Å². The van der Waals surface area contributed by atoms with Gasteiger partial charge in [-0.05, 0) is 93.0 Å². The normalized spacial score (nSPS) is 14.5. The van der Waals surface area contributed by atoms with Crippen LogP contribution in [0.3, 0.4) is 0 Å². The van der Waals surface area contributed by atoms with E-state index in [0.717, 1.165) is 59.2 Å². The molecule has 38 heavy (non-hydrogen) atoms. The van der Waals surface area contributed by atoms with Crippen LogP contribution in [0.1, 0.15) is 47.6 Å². The maximum absolute atomic E-state index is 13.6. The van der Waals surface area contributed by atoms with Crippen LogP contribution in [0.25, 0.3) is 22.2 Å². The van der Waals surface area contributed by atoms with E-state index < -0.39 is 0 Å². The highest BCUT2D eigenvalue weighted by Crippen LogP contribution is 2.41. The second kappa shape index (κ2) is 9.74. The fourth-order valence-electron chi connectivity index (χ4n) is 5.64. The van der Waals surface area contributed by atoms with Crippen molar-refractivity contribution in [3.05, 3.63) is 64.7 Å². The molecule has 0 unspecified atom stereocenters. The standard InChI is InChI=1S/C30H33N5O3/c1-18-31-19(2)35(33-18)17-28(36)34(24-11-12-24)16-23-14-22-13-20-7-5-8-21(20)15-26(22)32-29(23)25-9-6-10-27(37-3)30(25)38-4/h6,9-10,13-15,24H,5,7-8,11-12,16-17H2,1-4H3. The molecule has 8 nitrogen and oxygen atoms in total. The number of nitrogens with zero attached hydrogens (tertiary/aromatic N) is 5. The number of carbonyl (C=O) groups excluding carboxylic acids is 1. The maximum Gasteiger partial charge on any atom is 0.244 e. The van der Waals surface area contributed by atoms with Gasteiger partial charge in [0, 0.05) is 23.5 Å². The molecule has 2 heterocycles. The van der Waals surface area contributed by atoms with Crippen LogP contribution in [0.2, 0.25) is 0 Å². The topological polar surface area (TPSA) is 82.4 Å². The molecule has 0 atom stereocenters. The Morgan fingerprint density at radius 2 is 1.84 bits per heavy atom. The van der Waals surface area contributed by atoms with Crippen molar-refractivity contribution >= 4 is 16.8 Å². The van der Waals surface area contributed by atoms with Crippen molar-refractivity contribution in [3.8, 4) is 22.8 Å². The lowest BCUT2D eigenvalue weighted by molar-refractivity contribution is -0.133. The summed E-state index contributed by atoms with van der Waals surface area (Å²) >= 11 is 0. The quantitative estimate of drug-likeness (QED) is 0.338. The van der Waals surface area contributed by atoms with Gasteiger partial charge in [-0.1, -0.05) is 6.07 Å². The molecule has 8 heteroatoms. The van der Waals surface area contributed by atoms with Gasteiger partial charge in [0.2, 0.25) is 5.91 Å². The van der Waals surface area contributed by atoms with Crippen molar-refractivity contribution in [1.29, 1.82) is 0 Å². The van der Waals surface area contributed by atoms with Gasteiger partial charge < -0.3 is 14.4 Å². The molecular formula is C30H33N5O3. The van der Waals surface area contributed by atoms with E-state index in [1.165, 1.54) is 17.5 Å². The van der Waals surface area contributed by atoms with Crippen LogP contribution in [-0.2, 0) is 30.7 Å². The Morgan fingerprint density at radius 3 is 2.53 bits per heavy atom. The molecule has 0 saturated heterocycles. The molecule has 0 radical (unpaired) electrons. The van der Waals surface area contributed by atoms with E-state index in [0.29, 0.717) is 23.9 Å². The van der Waals surface area contributed by atoms with Gasteiger partial charge in [0.1, 0.15) is 18.2 Å². The van der Waals surface area contributed by atoms with E-state index in [2.05, 4.69) is 28.3 Å². The lowest BCUT2D eigenvalue weighted by atomic mass is 9.99. The maximum atomic E-state index is 13.6. The molecule has 0 N–H and O–H groups in total. The number of amides is 1. The van der Waals surface area contributed by atoms with Gasteiger partial charge in [-0.2, -0.15) is 5.10 Å². The van der Waals surface area contributed by atoms with Gasteiger partial charge in [-0.15, -0.1) is 0 Å². The number of aryl methyl sites for hydroxylation is 4. The highest BCUT2D eigenvalue weighted by Gasteiger charge is 2.34. The minimum absolute atomic E-state index is 0.0399. The summed E-state index contributed by atoms with van der Waals surface area (Å²) in [5.74, 6) is 2.75. The van der Waals surface area contributed by atoms with E-state index >= 15 is 0 Å². The average molecular weight is 512 g/mol. The fourth-order valence-corrected chi connectivity index (χ4v) is 5.64. The van der Waals surface area contributed by atoms with Crippen LogP contribution in [0.4, 0.5) is 0 Å². The molecule has 1 saturated carbocycles. The molecule has 0 spiro atoms. The van der Waals surface area contributed by atoms with Crippen molar-refractivity contribution in [1.82, 2.24) is 24.6 Å². The number of para-hydroxylation sites is 1. The molecular weight excluding hydrogens is 478 g/mol. The molecule has 0 aliphatic heterocycles. The summed E-state index contributed by atoms with van der Waals surface area (Å²) in [4.78, 5) is 25.2. The number of rotatable bonds is 8. The molecule has 6 rings (SSSR count). The number of ether oxygens (including phenoxy) is 2. The molecule has 2 aromatic heterocycles. The van der Waals surface area contributed by atoms with E-state index in [-0.39, 0.29) is 18.5 Å². The molecule has 2 aliphatic rings. The van der Waals surface area contributed by atoms with Crippen LogP contribution >= 0.6 is 0 Å². The van der Waals surface area contributed by atoms with Crippen LogP contribution in [0.15, 0.2) is 36.4 Å². The smallest absolute Gasteiger partial charge is 0.244 e. The molecule has 0 bridgehead atoms. The third kappa shape index (κ3) is 4.48. The lowest BCUT2D eigenvalue weighted by Gasteiger charge is -2.25. The van der Waals surface area contributed by atoms with Gasteiger partial charge in [0.05, 0.1) is 25.4 Å². The van der Waals surface area contributed by atoms with Gasteiger partial charge in [0.15, 0.2) is 11.5 Å². The zero-order valence-electron chi connectivity index (χ0n) is 22.5. The first-order valence-corrected chi connectivity index (χ1v) is 13.3. The highest BCUT2D eigenvalue weighted by atomic mass is 16.5. The monoisotopic (exact) mass is 511 g/mol. The molecule has 196 valence electrons. The van der Waals surface area contributed by atoms with E-state index in [1.807, 2.05) is 36.9 Å². The second-order valence-electron chi connectivity index (χ2n) is 10.3. The Balaban J connectivity index is 1.45. The van der Waals surface area contributed by atoms with Crippen LogP contribution in [0.5, 0.6) is 11.5 Å². The number of carbonyl (C=O) groups is 1. The van der Waals surface area contributed by atoms with Crippen LogP contribution < -0.4 is 9.47 Å². The first kappa shape index (κ1) is 24.4. The predicted molar refractivity (Wildman–Crippen MR) is 145 cm³/mol. The highest BCUT2D eigenvalue weighted by molar-refractivity contribution is 5.87. The summed E-state index contributed by atoms with van der Waals surface area (Å²) in [5.41, 5.74) is 6.42. The Kier molecular flexibility index (Phi) is 6.26. The van der Waals surface area contributed by atoms with E-state index in [1.54, 1.807) is 18.9 Å². The fraction of sp³-hybridized carbons (Fsp3) is 0.400. The average Bonchev–Trinajstić information content (AvgIpc) is 3.57. The second-order valence-corrected chi connectivity index (χ2v) is 10.3. The zero-order valence-corrected chi connectivity index (χ0v) is 22.5. The van der Waals surface area contributed by atoms with E-state index in [4.69, 9.17) is 14.5 Å². The summed E-state index contributed by atoms with van der Waals surface area (Å²) < 4.78 is 13.1. The molecule has 2 aliphatic carbocycles. The Hall–Kier alpha value is -3.94. The van der Waals surface area contributed by atoms with Crippen molar-refractivity contribution in [2.24, 2.45) is 0 Å². The van der Waals surface area contributed by atoms with Crippen molar-refractivity contribution in [3.63, 3.8) is 0 Å². The summed E-state index contributed by atoms with van der Waals surface area (Å²) in [5, 5.41) is 5.52. The van der Waals surface area contributed by atoms with Crippen LogP contribution in [-0.4, -0.2) is 50.8 Å². The Bertz CT molecular complexity index is 1540. The third-order valence-electron chi connectivity index (χ3n) is 7.66. The number of hydrogen-bond acceptors (Lipinski definition) is 6. The van der Waals surface area contributed by atoms with Crippen molar-refractivity contribution in [2.75, 3.05) is 14.2 Å². The minimum Gasteiger partial charge on any atom is -0.493 e. The third-order valence-corrected chi connectivity index (χ3v) is 7.66. The summed E-state index contributed by atoms with van der Waals surface area (Å²) in [6.07, 6.45) is 5.40. The van der Waals surface area contributed by atoms with Crippen molar-refractivity contribution < 1.29 is 14.3 Å². The number of hydrogen-bond donors (Lipinski definition) is 0. The first-order chi connectivity index (χ1) is 18.4. The largest absolute Gasteiger partial charge is 0.493 e. The SMILES string of the molecule is COc1cccc(-c2nc3cc4c(cc3cc2CN(C(=O)Cn2nc(C)nc2C)C2CC2)CCC4)c1OC. The summed E-state index contributed by atoms with van der Waals surface area (Å²) in [7, 11) is 3.29. The van der Waals surface area contributed by atoms with Crippen molar-refractivity contribution in [2.45, 2.75) is 65.1 Å². The van der Waals surface area contributed by atoms with Gasteiger partial charge in [-0.3, -0.25) is 4.79 Å². The van der Waals surface area contributed by atoms with E-state index in [9.17, 15) is 4.79 Å². The lowest BCUT2D eigenvalue weighted by Crippen LogP contribution is -2.36. The number of pyridine rings is 1. The summed E-state index contributed by atoms with van der Waals surface area (Å²) in [6, 6.07) is 12.8. The minimum atomic E-state index is 0.0399. The molecule has 2 aromatic carbocycles. The van der Waals surface area contributed by atoms with Gasteiger partial charge in [-0.25, -0.2) is 14.6 Å². The number of fused-ring (bicyclic) bond motifs is 2. The van der Waals surface area contributed by atoms with Crippen LogP contribution in [0, 0.1) is 13.8 Å². The summed E-state index contributed by atoms with van der Waals surface area (Å²) in [6.45, 7) is 4.37. The predicted octanol–water partition coefficient (Wildman–Crippen LogP) is 4.81. The number of methoxy groups -OCH3 is 2. The van der Waals surface area contributed by atoms with Gasteiger partial charge in [0.25, 0.3) is 0 Å². The zero-order chi connectivity index (χ0) is 26.4. The number of aromatic nitrogens is 4. The molecule has 1 amide bonds. The number of benzene rings is 2.